The molecule has 2 heterocycles. The predicted molar refractivity (Wildman–Crippen MR) is 64.8 cm³/mol. The maximum absolute atomic E-state index is 9.60. The first-order chi connectivity index (χ1) is 8.43. The van der Waals surface area contributed by atoms with E-state index in [-0.39, 0.29) is 37.1 Å². The molecule has 0 radical (unpaired) electrons. The number of aliphatic hydroxyl groups excluding tert-OH is 2. The highest BCUT2D eigenvalue weighted by molar-refractivity contribution is 4.93. The monoisotopic (exact) mass is 260 g/mol. The van der Waals surface area contributed by atoms with Gasteiger partial charge in [0.25, 0.3) is 0 Å². The van der Waals surface area contributed by atoms with Crippen LogP contribution in [0.5, 0.6) is 0 Å². The highest BCUT2D eigenvalue weighted by Gasteiger charge is 2.54. The second kappa shape index (κ2) is 5.43. The minimum Gasteiger partial charge on any atom is -0.396 e. The van der Waals surface area contributed by atoms with Gasteiger partial charge in [-0.1, -0.05) is 0 Å². The highest BCUT2D eigenvalue weighted by Crippen LogP contribution is 2.43. The molecule has 18 heavy (non-hydrogen) atoms. The molecule has 0 aromatic rings. The molecular formula is C13H24O5. The Morgan fingerprint density at radius 2 is 2.00 bits per heavy atom. The van der Waals surface area contributed by atoms with E-state index in [9.17, 15) is 5.11 Å². The summed E-state index contributed by atoms with van der Waals surface area (Å²) in [6.07, 6.45) is 1.26. The van der Waals surface area contributed by atoms with Crippen LogP contribution < -0.4 is 0 Å². The average molecular weight is 260 g/mol. The third-order valence-corrected chi connectivity index (χ3v) is 3.56. The van der Waals surface area contributed by atoms with E-state index >= 15 is 0 Å². The molecule has 5 nitrogen and oxygen atoms in total. The van der Waals surface area contributed by atoms with Gasteiger partial charge in [0.15, 0.2) is 12.1 Å². The van der Waals surface area contributed by atoms with Crippen molar-refractivity contribution in [2.75, 3.05) is 6.61 Å². The number of aliphatic hydroxyl groups is 2. The van der Waals surface area contributed by atoms with Crippen molar-refractivity contribution >= 4 is 0 Å². The molecule has 0 saturated carbocycles. The summed E-state index contributed by atoms with van der Waals surface area (Å²) < 4.78 is 17.4. The Labute approximate surface area is 108 Å². The van der Waals surface area contributed by atoms with E-state index in [1.54, 1.807) is 6.92 Å². The topological polar surface area (TPSA) is 68.2 Å². The van der Waals surface area contributed by atoms with E-state index in [2.05, 4.69) is 0 Å². The van der Waals surface area contributed by atoms with Gasteiger partial charge in [-0.15, -0.1) is 0 Å². The largest absolute Gasteiger partial charge is 0.396 e. The minimum atomic E-state index is -0.617. The molecule has 2 fully saturated rings. The predicted octanol–water partition coefficient (Wildman–Crippen LogP) is 1.02. The molecule has 0 aromatic heterocycles. The maximum Gasteiger partial charge on any atom is 0.187 e. The van der Waals surface area contributed by atoms with E-state index in [0.717, 1.165) is 6.42 Å². The van der Waals surface area contributed by atoms with Gasteiger partial charge in [-0.3, -0.25) is 0 Å². The van der Waals surface area contributed by atoms with Crippen LogP contribution in [0.4, 0.5) is 0 Å². The van der Waals surface area contributed by atoms with Crippen LogP contribution in [0.15, 0.2) is 0 Å². The molecule has 0 spiro atoms. The fraction of sp³-hybridized carbons (Fsp3) is 1.00. The number of hydrogen-bond acceptors (Lipinski definition) is 5. The molecule has 2 rings (SSSR count). The van der Waals surface area contributed by atoms with Crippen LogP contribution in [-0.4, -0.2) is 47.2 Å². The molecule has 106 valence electrons. The van der Waals surface area contributed by atoms with Crippen LogP contribution >= 0.6 is 0 Å². The van der Waals surface area contributed by atoms with Crippen LogP contribution in [0.3, 0.4) is 0 Å². The summed E-state index contributed by atoms with van der Waals surface area (Å²) in [7, 11) is 0. The summed E-state index contributed by atoms with van der Waals surface area (Å²) >= 11 is 0. The zero-order chi connectivity index (χ0) is 13.3. The molecule has 0 amide bonds. The van der Waals surface area contributed by atoms with Crippen molar-refractivity contribution in [3.63, 3.8) is 0 Å². The van der Waals surface area contributed by atoms with Gasteiger partial charge in [0.05, 0.1) is 12.2 Å². The fourth-order valence-corrected chi connectivity index (χ4v) is 2.89. The van der Waals surface area contributed by atoms with Gasteiger partial charge in [-0.2, -0.15) is 0 Å². The number of fused-ring (bicyclic) bond motifs is 1. The fourth-order valence-electron chi connectivity index (χ4n) is 2.89. The van der Waals surface area contributed by atoms with Crippen molar-refractivity contribution in [2.45, 2.75) is 70.4 Å². The van der Waals surface area contributed by atoms with E-state index in [0.29, 0.717) is 12.8 Å². The second-order valence-corrected chi connectivity index (χ2v) is 5.76. The molecule has 2 aliphatic rings. The van der Waals surface area contributed by atoms with Gasteiger partial charge in [-0.05, 0) is 40.0 Å². The zero-order valence-corrected chi connectivity index (χ0v) is 11.3. The summed E-state index contributed by atoms with van der Waals surface area (Å²) in [5.41, 5.74) is 0. The van der Waals surface area contributed by atoms with Gasteiger partial charge in [-0.25, -0.2) is 0 Å². The molecule has 0 bridgehead atoms. The third kappa shape index (κ3) is 3.03. The molecule has 5 atom stereocenters. The Kier molecular flexibility index (Phi) is 4.29. The number of ether oxygens (including phenoxy) is 3. The Bertz CT molecular complexity index is 279. The average Bonchev–Trinajstić information content (AvgIpc) is 2.69. The number of hydrogen-bond donors (Lipinski definition) is 2. The molecule has 0 aromatic carbocycles. The highest BCUT2D eigenvalue weighted by atomic mass is 16.8. The Hall–Kier alpha value is -0.200. The van der Waals surface area contributed by atoms with Crippen molar-refractivity contribution in [3.05, 3.63) is 0 Å². The molecule has 0 unspecified atom stereocenters. The molecule has 2 saturated heterocycles. The molecule has 5 heteroatoms. The van der Waals surface area contributed by atoms with Crippen molar-refractivity contribution in [1.82, 2.24) is 0 Å². The lowest BCUT2D eigenvalue weighted by Crippen LogP contribution is -2.32. The van der Waals surface area contributed by atoms with Crippen molar-refractivity contribution < 1.29 is 24.4 Å². The maximum atomic E-state index is 9.60. The summed E-state index contributed by atoms with van der Waals surface area (Å²) in [5, 5.41) is 18.5. The first-order valence-electron chi connectivity index (χ1n) is 6.73. The van der Waals surface area contributed by atoms with E-state index in [1.165, 1.54) is 0 Å². The smallest absolute Gasteiger partial charge is 0.187 e. The lowest BCUT2D eigenvalue weighted by atomic mass is 9.90. The molecule has 0 aliphatic carbocycles. The van der Waals surface area contributed by atoms with Crippen molar-refractivity contribution in [2.24, 2.45) is 5.92 Å². The Morgan fingerprint density at radius 1 is 1.28 bits per heavy atom. The normalized spacial score (nSPS) is 39.8. The van der Waals surface area contributed by atoms with Gasteiger partial charge in [0.1, 0.15) is 6.10 Å². The van der Waals surface area contributed by atoms with Gasteiger partial charge in [0, 0.05) is 12.5 Å². The van der Waals surface area contributed by atoms with Gasteiger partial charge in [0.2, 0.25) is 0 Å². The van der Waals surface area contributed by atoms with E-state index in [1.807, 2.05) is 13.8 Å². The zero-order valence-electron chi connectivity index (χ0n) is 11.3. The molecule has 2 N–H and O–H groups in total. The molecular weight excluding hydrogens is 236 g/mol. The van der Waals surface area contributed by atoms with E-state index < -0.39 is 5.79 Å². The lowest BCUT2D eigenvalue weighted by molar-refractivity contribution is -0.211. The summed E-state index contributed by atoms with van der Waals surface area (Å²) in [5.74, 6) is -0.489. The third-order valence-electron chi connectivity index (χ3n) is 3.56. The number of rotatable bonds is 5. The van der Waals surface area contributed by atoms with Crippen molar-refractivity contribution in [1.29, 1.82) is 0 Å². The Balaban J connectivity index is 2.02. The quantitative estimate of drug-likeness (QED) is 0.772. The van der Waals surface area contributed by atoms with Crippen LogP contribution in [0.2, 0.25) is 0 Å². The summed E-state index contributed by atoms with van der Waals surface area (Å²) in [6.45, 7) is 5.68. The van der Waals surface area contributed by atoms with Crippen LogP contribution in [0.25, 0.3) is 0 Å². The van der Waals surface area contributed by atoms with E-state index in [4.69, 9.17) is 19.3 Å². The lowest BCUT2D eigenvalue weighted by Gasteiger charge is -2.26. The SMILES string of the molecule is C[C@H](O)C[C@H]1[C@H]2OC(C)(C)O[C@H]2O[C@@H]1CCCO. The van der Waals surface area contributed by atoms with Crippen LogP contribution in [0.1, 0.15) is 40.0 Å². The summed E-state index contributed by atoms with van der Waals surface area (Å²) in [4.78, 5) is 0. The second-order valence-electron chi connectivity index (χ2n) is 5.76. The minimum absolute atomic E-state index is 0.00199. The van der Waals surface area contributed by atoms with Gasteiger partial charge >= 0.3 is 0 Å². The van der Waals surface area contributed by atoms with Gasteiger partial charge < -0.3 is 24.4 Å². The van der Waals surface area contributed by atoms with Crippen LogP contribution in [0, 0.1) is 5.92 Å². The standard InChI is InChI=1S/C13H24O5/c1-8(15)7-9-10(5-4-6-14)16-12-11(9)17-13(2,3)18-12/h8-12,14-15H,4-7H2,1-3H3/t8-,9+,10+,11+,12+/m0/s1. The van der Waals surface area contributed by atoms with Crippen LogP contribution in [-0.2, 0) is 14.2 Å². The van der Waals surface area contributed by atoms with Crippen molar-refractivity contribution in [3.8, 4) is 0 Å². The first kappa shape index (κ1) is 14.2. The first-order valence-corrected chi connectivity index (χ1v) is 6.73. The molecule has 2 aliphatic heterocycles. The summed E-state index contributed by atoms with van der Waals surface area (Å²) in [6, 6.07) is 0. The Morgan fingerprint density at radius 3 is 2.61 bits per heavy atom.